The van der Waals surface area contributed by atoms with Crippen molar-refractivity contribution < 1.29 is 28.7 Å². The van der Waals surface area contributed by atoms with Gasteiger partial charge in [0.05, 0.1) is 32.4 Å². The summed E-state index contributed by atoms with van der Waals surface area (Å²) in [6.45, 7) is 4.52. The van der Waals surface area contributed by atoms with Gasteiger partial charge in [-0.05, 0) is 48.5 Å². The number of anilines is 3. The molecule has 0 unspecified atom stereocenters. The third-order valence-electron chi connectivity index (χ3n) is 7.44. The van der Waals surface area contributed by atoms with Gasteiger partial charge in [-0.2, -0.15) is 0 Å². The number of nitrogens with one attached hydrogen (secondary N) is 1. The van der Waals surface area contributed by atoms with Gasteiger partial charge < -0.3 is 34.2 Å². The molecule has 220 valence electrons. The maximum atomic E-state index is 13.1. The number of amides is 2. The predicted molar refractivity (Wildman–Crippen MR) is 158 cm³/mol. The minimum Gasteiger partial charge on any atom is -0.497 e. The lowest BCUT2D eigenvalue weighted by Crippen LogP contribution is -2.48. The van der Waals surface area contributed by atoms with Crippen LogP contribution in [-0.4, -0.2) is 88.3 Å². The van der Waals surface area contributed by atoms with Crippen molar-refractivity contribution in [1.82, 2.24) is 4.90 Å². The molecule has 0 bridgehead atoms. The highest BCUT2D eigenvalue weighted by Crippen LogP contribution is 2.30. The number of hydrogen-bond acceptors (Lipinski definition) is 9. The van der Waals surface area contributed by atoms with Crippen molar-refractivity contribution in [1.29, 1.82) is 0 Å². The maximum Gasteiger partial charge on any atom is 0.293 e. The zero-order valence-corrected chi connectivity index (χ0v) is 23.6. The summed E-state index contributed by atoms with van der Waals surface area (Å²) in [5.74, 6) is 0.613. The Labute approximate surface area is 243 Å². The molecular weight excluding hydrogens is 542 g/mol. The van der Waals surface area contributed by atoms with Gasteiger partial charge in [0.25, 0.3) is 17.5 Å². The van der Waals surface area contributed by atoms with E-state index < -0.39 is 10.8 Å². The standard InChI is InChI=1S/C30H33N5O7/c1-40-25-17-22(18-26(20-25)41-2)30(37)34-11-9-32(10-12-34)24-6-4-23(5-7-24)31-29(36)21-3-8-27(28(19-21)35(38)39)33-13-15-42-16-14-33/h3-8,17-20H,9-16H2,1-2H3,(H,31,36). The predicted octanol–water partition coefficient (Wildman–Crippen LogP) is 3.66. The van der Waals surface area contributed by atoms with Crippen LogP contribution in [0.1, 0.15) is 20.7 Å². The molecule has 0 saturated carbocycles. The smallest absolute Gasteiger partial charge is 0.293 e. The fraction of sp³-hybridized carbons (Fsp3) is 0.333. The van der Waals surface area contributed by atoms with Gasteiger partial charge in [-0.25, -0.2) is 0 Å². The molecule has 12 heteroatoms. The molecule has 1 N–H and O–H groups in total. The number of methoxy groups -OCH3 is 2. The number of morpholine rings is 1. The monoisotopic (exact) mass is 575 g/mol. The Morgan fingerprint density at radius 3 is 2.05 bits per heavy atom. The third kappa shape index (κ3) is 6.39. The molecule has 0 atom stereocenters. The van der Waals surface area contributed by atoms with E-state index in [-0.39, 0.29) is 17.2 Å². The molecule has 0 aliphatic carbocycles. The lowest BCUT2D eigenvalue weighted by molar-refractivity contribution is -0.384. The topological polar surface area (TPSA) is 127 Å². The minimum absolute atomic E-state index is 0.0804. The number of carbonyl (C=O) groups is 2. The molecule has 12 nitrogen and oxygen atoms in total. The Morgan fingerprint density at radius 1 is 0.810 bits per heavy atom. The van der Waals surface area contributed by atoms with Crippen molar-refractivity contribution in [2.75, 3.05) is 81.8 Å². The molecule has 2 aliphatic rings. The molecule has 2 fully saturated rings. The maximum absolute atomic E-state index is 13.1. The minimum atomic E-state index is -0.461. The van der Waals surface area contributed by atoms with Crippen LogP contribution < -0.4 is 24.6 Å². The summed E-state index contributed by atoms with van der Waals surface area (Å²) in [5, 5.41) is 14.6. The normalized spacial score (nSPS) is 15.2. The second-order valence-electron chi connectivity index (χ2n) is 9.94. The number of piperazine rings is 1. The summed E-state index contributed by atoms with van der Waals surface area (Å²) >= 11 is 0. The molecule has 2 amide bonds. The lowest BCUT2D eigenvalue weighted by atomic mass is 10.1. The Morgan fingerprint density at radius 2 is 1.45 bits per heavy atom. The molecule has 2 heterocycles. The van der Waals surface area contributed by atoms with E-state index in [1.807, 2.05) is 21.9 Å². The second kappa shape index (κ2) is 12.8. The van der Waals surface area contributed by atoms with E-state index >= 15 is 0 Å². The number of rotatable bonds is 8. The van der Waals surface area contributed by atoms with Gasteiger partial charge >= 0.3 is 0 Å². The van der Waals surface area contributed by atoms with Crippen LogP contribution in [0.2, 0.25) is 0 Å². The Hall–Kier alpha value is -4.84. The molecule has 0 aromatic heterocycles. The summed E-state index contributed by atoms with van der Waals surface area (Å²) in [6, 6.07) is 17.1. The fourth-order valence-corrected chi connectivity index (χ4v) is 5.12. The van der Waals surface area contributed by atoms with Crippen LogP contribution in [0, 0.1) is 10.1 Å². The fourth-order valence-electron chi connectivity index (χ4n) is 5.12. The summed E-state index contributed by atoms with van der Waals surface area (Å²) in [5.41, 5.74) is 2.63. The number of hydrogen-bond donors (Lipinski definition) is 1. The first-order valence-electron chi connectivity index (χ1n) is 13.7. The van der Waals surface area contributed by atoms with Crippen molar-refractivity contribution in [2.24, 2.45) is 0 Å². The first kappa shape index (κ1) is 28.7. The average molecular weight is 576 g/mol. The number of benzene rings is 3. The SMILES string of the molecule is COc1cc(OC)cc(C(=O)N2CCN(c3ccc(NC(=O)c4ccc(N5CCOCC5)c([N+](=O)[O-])c4)cc3)CC2)c1. The van der Waals surface area contributed by atoms with E-state index in [0.717, 1.165) is 5.69 Å². The number of nitro benzene ring substituents is 1. The van der Waals surface area contributed by atoms with E-state index in [9.17, 15) is 19.7 Å². The van der Waals surface area contributed by atoms with Crippen molar-refractivity contribution in [2.45, 2.75) is 0 Å². The highest BCUT2D eigenvalue weighted by atomic mass is 16.6. The highest BCUT2D eigenvalue weighted by molar-refractivity contribution is 6.05. The van der Waals surface area contributed by atoms with E-state index in [0.29, 0.717) is 80.9 Å². The molecular formula is C30H33N5O7. The third-order valence-corrected chi connectivity index (χ3v) is 7.44. The Kier molecular flexibility index (Phi) is 8.72. The van der Waals surface area contributed by atoms with E-state index in [1.54, 1.807) is 56.7 Å². The van der Waals surface area contributed by atoms with Crippen LogP contribution in [0.25, 0.3) is 0 Å². The van der Waals surface area contributed by atoms with Crippen LogP contribution in [0.4, 0.5) is 22.7 Å². The average Bonchev–Trinajstić information content (AvgIpc) is 3.04. The molecule has 2 saturated heterocycles. The van der Waals surface area contributed by atoms with Crippen LogP contribution in [0.15, 0.2) is 60.7 Å². The zero-order valence-electron chi connectivity index (χ0n) is 23.6. The first-order valence-corrected chi connectivity index (χ1v) is 13.7. The van der Waals surface area contributed by atoms with Gasteiger partial charge in [-0.3, -0.25) is 19.7 Å². The highest BCUT2D eigenvalue weighted by Gasteiger charge is 2.25. The molecule has 3 aromatic rings. The van der Waals surface area contributed by atoms with Crippen LogP contribution in [0.5, 0.6) is 11.5 Å². The van der Waals surface area contributed by atoms with Crippen LogP contribution in [0.3, 0.4) is 0 Å². The quantitative estimate of drug-likeness (QED) is 0.316. The zero-order chi connectivity index (χ0) is 29.6. The number of carbonyl (C=O) groups excluding carboxylic acids is 2. The summed E-state index contributed by atoms with van der Waals surface area (Å²) in [4.78, 5) is 43.2. The number of ether oxygens (including phenoxy) is 3. The molecule has 3 aromatic carbocycles. The van der Waals surface area contributed by atoms with Crippen molar-refractivity contribution in [3.05, 3.63) is 81.9 Å². The largest absolute Gasteiger partial charge is 0.497 e. The molecule has 0 radical (unpaired) electrons. The molecule has 42 heavy (non-hydrogen) atoms. The van der Waals surface area contributed by atoms with Gasteiger partial charge in [0.1, 0.15) is 17.2 Å². The van der Waals surface area contributed by atoms with Gasteiger partial charge in [0.15, 0.2) is 0 Å². The van der Waals surface area contributed by atoms with Gasteiger partial charge in [-0.1, -0.05) is 0 Å². The van der Waals surface area contributed by atoms with E-state index in [1.165, 1.54) is 6.07 Å². The van der Waals surface area contributed by atoms with Crippen LogP contribution >= 0.6 is 0 Å². The molecule has 0 spiro atoms. The first-order chi connectivity index (χ1) is 20.4. The molecule has 5 rings (SSSR count). The van der Waals surface area contributed by atoms with Crippen molar-refractivity contribution in [3.63, 3.8) is 0 Å². The Balaban J connectivity index is 1.19. The number of nitrogens with zero attached hydrogens (tertiary/aromatic N) is 4. The molecule has 2 aliphatic heterocycles. The Bertz CT molecular complexity index is 1430. The van der Waals surface area contributed by atoms with Crippen LogP contribution in [-0.2, 0) is 4.74 Å². The van der Waals surface area contributed by atoms with Gasteiger partial charge in [-0.15, -0.1) is 0 Å². The van der Waals surface area contributed by atoms with Gasteiger partial charge in [0, 0.05) is 73.9 Å². The second-order valence-corrected chi connectivity index (χ2v) is 9.94. The summed E-state index contributed by atoms with van der Waals surface area (Å²) < 4.78 is 15.9. The lowest BCUT2D eigenvalue weighted by Gasteiger charge is -2.36. The van der Waals surface area contributed by atoms with E-state index in [4.69, 9.17) is 14.2 Å². The van der Waals surface area contributed by atoms with Gasteiger partial charge in [0.2, 0.25) is 0 Å². The van der Waals surface area contributed by atoms with Crippen molar-refractivity contribution >= 4 is 34.6 Å². The van der Waals surface area contributed by atoms with Crippen molar-refractivity contribution in [3.8, 4) is 11.5 Å². The summed E-state index contributed by atoms with van der Waals surface area (Å²) in [7, 11) is 3.10. The van der Waals surface area contributed by atoms with E-state index in [2.05, 4.69) is 10.2 Å². The summed E-state index contributed by atoms with van der Waals surface area (Å²) in [6.07, 6.45) is 0. The number of nitro groups is 1.